The highest BCUT2D eigenvalue weighted by Gasteiger charge is 2.48. The van der Waals surface area contributed by atoms with E-state index in [1.165, 1.54) is 350 Å². The molecule has 0 radical (unpaired) electrons. The molecular formula is C104H148N2O4S8Si. The van der Waals surface area contributed by atoms with Crippen molar-refractivity contribution in [2.45, 2.75) is 401 Å². The molecule has 119 heavy (non-hydrogen) atoms. The van der Waals surface area contributed by atoms with Gasteiger partial charge in [0.05, 0.1) is 13.2 Å². The smallest absolute Gasteiger partial charge is 0.348 e. The number of hydrogen-bond acceptors (Lipinski definition) is 14. The van der Waals surface area contributed by atoms with Crippen molar-refractivity contribution in [2.24, 2.45) is 0 Å². The van der Waals surface area contributed by atoms with Crippen LogP contribution in [0, 0.1) is 22.7 Å². The molecule has 0 amide bonds. The van der Waals surface area contributed by atoms with Crippen LogP contribution in [-0.2, 0) is 44.7 Å². The fraction of sp³-hybridized carbons (Fsp3) is 0.615. The minimum atomic E-state index is -2.29. The van der Waals surface area contributed by atoms with Gasteiger partial charge < -0.3 is 9.47 Å². The van der Waals surface area contributed by atoms with Crippen molar-refractivity contribution >= 4 is 133 Å². The van der Waals surface area contributed by atoms with Gasteiger partial charge in [-0.15, -0.1) is 90.7 Å². The number of carbonyl (C=O) groups is 2. The predicted molar refractivity (Wildman–Crippen MR) is 533 cm³/mol. The van der Waals surface area contributed by atoms with Crippen molar-refractivity contribution in [3.05, 3.63) is 104 Å². The second-order valence-corrected chi connectivity index (χ2v) is 47.1. The number of esters is 2. The third-order valence-electron chi connectivity index (χ3n) is 24.4. The summed E-state index contributed by atoms with van der Waals surface area (Å²) in [6.45, 7) is 19.1. The zero-order valence-corrected chi connectivity index (χ0v) is 82.4. The van der Waals surface area contributed by atoms with Gasteiger partial charge in [-0.3, -0.25) is 0 Å². The minimum absolute atomic E-state index is 0.0855. The molecule has 650 valence electrons. The summed E-state index contributed by atoms with van der Waals surface area (Å²) in [7, 11) is -2.29. The Hall–Kier alpha value is -4.78. The van der Waals surface area contributed by atoms with Crippen molar-refractivity contribution in [1.82, 2.24) is 0 Å². The second-order valence-electron chi connectivity index (χ2n) is 34.3. The molecule has 0 N–H and O–H groups in total. The summed E-state index contributed by atoms with van der Waals surface area (Å²) in [5.41, 5.74) is 5.82. The van der Waals surface area contributed by atoms with Gasteiger partial charge in [-0.25, -0.2) is 9.59 Å². The van der Waals surface area contributed by atoms with Gasteiger partial charge in [0, 0.05) is 78.0 Å². The standard InChI is InChI=1S/C104H148N2O4S8Si/c1-9-17-25-33-41-49-57-79-69-85(71-83(77-105)103(107)109-65-53-45-37-29-21-13-5)111-97(79)87-61-63-89(113-87)99-81(59-51-43-35-27-19-11-3)73-91(115-99)93-75-95-101(117-93)102-96(119(95,67-55-47-39-31-23-15-7)68-56-48-40-32-24-16-8)76-94(118-102)92-74-82(60-52-44-36-28-20-12-4)100(116-92)90-64-62-88(114-90)98-80(58-50-42-34-26-18-10-2)70-86(112-98)72-84(78-106)104(108)110-66-54-46-38-30-22-14-6/h61-64,69-76H,9-60,65-68H2,1-8H3/b83-71+,84-72+. The van der Waals surface area contributed by atoms with E-state index in [9.17, 15) is 20.1 Å². The van der Waals surface area contributed by atoms with Crippen molar-refractivity contribution in [3.63, 3.8) is 0 Å². The molecule has 9 rings (SSSR count). The maximum Gasteiger partial charge on any atom is 0.348 e. The van der Waals surface area contributed by atoms with Crippen LogP contribution >= 0.6 is 90.7 Å². The number of thiophene rings is 8. The Kier molecular flexibility index (Phi) is 46.3. The molecule has 0 fully saturated rings. The van der Waals surface area contributed by atoms with Crippen LogP contribution < -0.4 is 10.4 Å². The van der Waals surface area contributed by atoms with Crippen LogP contribution in [0.25, 0.3) is 80.4 Å². The van der Waals surface area contributed by atoms with E-state index in [2.05, 4.69) is 174 Å². The van der Waals surface area contributed by atoms with Crippen molar-refractivity contribution in [3.8, 4) is 80.4 Å². The van der Waals surface area contributed by atoms with E-state index < -0.39 is 20.0 Å². The molecule has 6 nitrogen and oxygen atoms in total. The molecule has 0 aliphatic carbocycles. The Labute approximate surface area is 755 Å². The van der Waals surface area contributed by atoms with Crippen LogP contribution in [0.1, 0.15) is 396 Å². The molecule has 0 bridgehead atoms. The fourth-order valence-electron chi connectivity index (χ4n) is 17.4. The highest BCUT2D eigenvalue weighted by molar-refractivity contribution is 7.35. The van der Waals surface area contributed by atoms with Gasteiger partial charge in [0.1, 0.15) is 31.4 Å². The average Bonchev–Trinajstić information content (AvgIpc) is 1.54. The van der Waals surface area contributed by atoms with Gasteiger partial charge in [-0.05, 0) is 182 Å². The molecular weight excluding hydrogens is 1630 g/mol. The van der Waals surface area contributed by atoms with Gasteiger partial charge in [0.2, 0.25) is 0 Å². The van der Waals surface area contributed by atoms with E-state index in [1.54, 1.807) is 55.0 Å². The largest absolute Gasteiger partial charge is 0.462 e. The number of nitriles is 2. The summed E-state index contributed by atoms with van der Waals surface area (Å²) < 4.78 is 11.5. The van der Waals surface area contributed by atoms with Crippen LogP contribution in [0.5, 0.6) is 0 Å². The van der Waals surface area contributed by atoms with Crippen molar-refractivity contribution in [2.75, 3.05) is 13.2 Å². The van der Waals surface area contributed by atoms with Crippen molar-refractivity contribution < 1.29 is 19.1 Å². The Morgan fingerprint density at radius 2 is 0.529 bits per heavy atom. The van der Waals surface area contributed by atoms with E-state index in [4.69, 9.17) is 9.47 Å². The third-order valence-corrected chi connectivity index (χ3v) is 40.3. The number of hydrogen-bond donors (Lipinski definition) is 0. The molecule has 0 unspecified atom stereocenters. The summed E-state index contributed by atoms with van der Waals surface area (Å²) in [6.07, 6.45) is 66.8. The molecule has 8 aromatic heterocycles. The Morgan fingerprint density at radius 1 is 0.286 bits per heavy atom. The van der Waals surface area contributed by atoms with E-state index in [0.29, 0.717) is 13.2 Å². The quantitative estimate of drug-likeness (QED) is 0.0124. The van der Waals surface area contributed by atoms with Gasteiger partial charge in [-0.2, -0.15) is 10.5 Å². The summed E-state index contributed by atoms with van der Waals surface area (Å²) in [5.74, 6) is -1.02. The number of nitrogens with zero attached hydrogens (tertiary/aromatic N) is 2. The first kappa shape index (κ1) is 98.0. The Morgan fingerprint density at radius 3 is 0.824 bits per heavy atom. The summed E-state index contributed by atoms with van der Waals surface area (Å²) in [4.78, 5) is 48.6. The van der Waals surface area contributed by atoms with Crippen LogP contribution in [0.3, 0.4) is 0 Å². The lowest BCUT2D eigenvalue weighted by atomic mass is 10.0. The molecule has 0 atom stereocenters. The lowest BCUT2D eigenvalue weighted by Crippen LogP contribution is -2.54. The first-order chi connectivity index (χ1) is 58.5. The topological polar surface area (TPSA) is 100 Å². The van der Waals surface area contributed by atoms with Gasteiger partial charge in [0.15, 0.2) is 0 Å². The zero-order valence-electron chi connectivity index (χ0n) is 74.8. The SMILES string of the molecule is CCCCCCCCOC(=O)/C(C#N)=C/c1cc(CCCCCCCC)c(-c2ccc(-c3sc(-c4cc5c(s4)-c4sc(-c6cc(CCCCCCCC)c(-c7ccc(-c8sc(/C=C(\C#N)C(=O)OCCCCCCCC)cc8CCCCCCCC)s7)s6)cc4[Si]5(CCCCCCCC)CCCCCCCC)cc3CCCCCCCC)s2)s1. The first-order valence-corrected chi connectivity index (χ1v) is 57.0. The Balaban J connectivity index is 1.10. The van der Waals surface area contributed by atoms with Crippen LogP contribution in [0.15, 0.2) is 71.8 Å². The van der Waals surface area contributed by atoms with Gasteiger partial charge in [0.25, 0.3) is 0 Å². The predicted octanol–water partition coefficient (Wildman–Crippen LogP) is 35.7. The number of carbonyl (C=O) groups excluding carboxylic acids is 2. The molecule has 1 aliphatic heterocycles. The molecule has 0 saturated carbocycles. The molecule has 15 heteroatoms. The number of fused-ring (bicyclic) bond motifs is 3. The lowest BCUT2D eigenvalue weighted by Gasteiger charge is -2.29. The van der Waals surface area contributed by atoms with Crippen molar-refractivity contribution in [1.29, 1.82) is 10.5 Å². The summed E-state index contributed by atoms with van der Waals surface area (Å²) >= 11 is 15.7. The van der Waals surface area contributed by atoms with Crippen LogP contribution in [0.2, 0.25) is 12.1 Å². The maximum absolute atomic E-state index is 13.5. The second kappa shape index (κ2) is 56.2. The summed E-state index contributed by atoms with van der Waals surface area (Å²) in [5, 5.41) is 24.3. The van der Waals surface area contributed by atoms with E-state index in [-0.39, 0.29) is 11.1 Å². The van der Waals surface area contributed by atoms with Crippen LogP contribution in [-0.4, -0.2) is 33.2 Å². The van der Waals surface area contributed by atoms with Gasteiger partial charge >= 0.3 is 11.9 Å². The highest BCUT2D eigenvalue weighted by Crippen LogP contribution is 2.54. The minimum Gasteiger partial charge on any atom is -0.462 e. The monoisotopic (exact) mass is 1770 g/mol. The number of aryl methyl sites for hydroxylation is 4. The van der Waals surface area contributed by atoms with E-state index in [0.717, 1.165) is 86.8 Å². The normalized spacial score (nSPS) is 12.6. The fourth-order valence-corrected chi connectivity index (χ4v) is 34.3. The number of unbranched alkanes of at least 4 members (excludes halogenated alkanes) is 40. The maximum atomic E-state index is 13.5. The number of rotatable bonds is 66. The van der Waals surface area contributed by atoms with E-state index in [1.807, 2.05) is 22.7 Å². The molecule has 8 aromatic rings. The third kappa shape index (κ3) is 30.8. The van der Waals surface area contributed by atoms with Gasteiger partial charge in [-0.1, -0.05) is 325 Å². The molecule has 1 aliphatic rings. The molecule has 0 aromatic carbocycles. The lowest BCUT2D eigenvalue weighted by molar-refractivity contribution is -0.139. The van der Waals surface area contributed by atoms with E-state index >= 15 is 0 Å². The Bertz CT molecular complexity index is 4110. The highest BCUT2D eigenvalue weighted by atomic mass is 32.1. The summed E-state index contributed by atoms with van der Waals surface area (Å²) in [6, 6.07) is 32.1. The molecule has 9 heterocycles. The van der Waals surface area contributed by atoms with Crippen LogP contribution in [0.4, 0.5) is 0 Å². The molecule has 0 spiro atoms. The average molecular weight is 1770 g/mol. The zero-order chi connectivity index (χ0) is 84.1. The first-order valence-electron chi connectivity index (χ1n) is 48.1. The molecule has 0 saturated heterocycles. The number of ether oxygens (including phenoxy) is 2.